The molecule has 3 rings (SSSR count). The SMILES string of the molecule is CCc1ccccc1-n1nnc(CO)c1-c1cccs1. The molecule has 0 saturated carbocycles. The maximum absolute atomic E-state index is 9.49. The molecule has 20 heavy (non-hydrogen) atoms. The number of para-hydroxylation sites is 1. The van der Waals surface area contributed by atoms with Crippen LogP contribution >= 0.6 is 11.3 Å². The third kappa shape index (κ3) is 2.15. The Kier molecular flexibility index (Phi) is 3.62. The molecular formula is C15H15N3OS. The van der Waals surface area contributed by atoms with E-state index in [1.54, 1.807) is 11.3 Å². The number of aromatic nitrogens is 3. The fourth-order valence-electron chi connectivity index (χ4n) is 2.26. The highest BCUT2D eigenvalue weighted by atomic mass is 32.1. The van der Waals surface area contributed by atoms with Gasteiger partial charge in [0, 0.05) is 0 Å². The second kappa shape index (κ2) is 5.56. The summed E-state index contributed by atoms with van der Waals surface area (Å²) in [5, 5.41) is 19.9. The molecule has 0 aliphatic rings. The molecule has 1 N–H and O–H groups in total. The molecule has 0 bridgehead atoms. The van der Waals surface area contributed by atoms with Gasteiger partial charge in [0.05, 0.1) is 17.2 Å². The van der Waals surface area contributed by atoms with Crippen LogP contribution in [0.15, 0.2) is 41.8 Å². The zero-order chi connectivity index (χ0) is 13.9. The molecular weight excluding hydrogens is 270 g/mol. The molecule has 0 atom stereocenters. The minimum Gasteiger partial charge on any atom is -0.390 e. The topological polar surface area (TPSA) is 50.9 Å². The Labute approximate surface area is 121 Å². The summed E-state index contributed by atoms with van der Waals surface area (Å²) >= 11 is 1.62. The van der Waals surface area contributed by atoms with Gasteiger partial charge in [0.1, 0.15) is 11.4 Å². The van der Waals surface area contributed by atoms with E-state index in [0.717, 1.165) is 22.7 Å². The number of thiophene rings is 1. The standard InChI is InChI=1S/C15H15N3OS/c1-2-11-6-3-4-7-13(11)18-15(12(10-19)16-17-18)14-8-5-9-20-14/h3-9,19H,2,10H2,1H3. The van der Waals surface area contributed by atoms with E-state index in [1.165, 1.54) is 5.56 Å². The molecule has 0 radical (unpaired) electrons. The molecule has 4 nitrogen and oxygen atoms in total. The normalized spacial score (nSPS) is 10.9. The van der Waals surface area contributed by atoms with Crippen molar-refractivity contribution in [2.45, 2.75) is 20.0 Å². The van der Waals surface area contributed by atoms with Gasteiger partial charge in [0.2, 0.25) is 0 Å². The number of aliphatic hydroxyl groups excluding tert-OH is 1. The quantitative estimate of drug-likeness (QED) is 0.801. The first-order valence-corrected chi connectivity index (χ1v) is 7.40. The Morgan fingerprint density at radius 1 is 1.20 bits per heavy atom. The fraction of sp³-hybridized carbons (Fsp3) is 0.200. The van der Waals surface area contributed by atoms with Crippen LogP contribution < -0.4 is 0 Å². The van der Waals surface area contributed by atoms with Crippen molar-refractivity contribution in [1.82, 2.24) is 15.0 Å². The number of aliphatic hydroxyl groups is 1. The minimum atomic E-state index is -0.110. The van der Waals surface area contributed by atoms with Gasteiger partial charge in [-0.2, -0.15) is 0 Å². The van der Waals surface area contributed by atoms with Gasteiger partial charge in [-0.3, -0.25) is 0 Å². The average Bonchev–Trinajstić information content (AvgIpc) is 3.15. The molecule has 3 aromatic rings. The summed E-state index contributed by atoms with van der Waals surface area (Å²) in [6.45, 7) is 2.01. The fourth-order valence-corrected chi connectivity index (χ4v) is 3.04. The first-order valence-electron chi connectivity index (χ1n) is 6.52. The highest BCUT2D eigenvalue weighted by molar-refractivity contribution is 7.13. The van der Waals surface area contributed by atoms with Gasteiger partial charge in [0.15, 0.2) is 0 Å². The van der Waals surface area contributed by atoms with Crippen LogP contribution in [0.25, 0.3) is 16.3 Å². The van der Waals surface area contributed by atoms with E-state index < -0.39 is 0 Å². The minimum absolute atomic E-state index is 0.110. The third-order valence-corrected chi connectivity index (χ3v) is 4.12. The number of hydrogen-bond donors (Lipinski definition) is 1. The van der Waals surface area contributed by atoms with Crippen LogP contribution in [-0.4, -0.2) is 20.1 Å². The average molecular weight is 285 g/mol. The van der Waals surface area contributed by atoms with Gasteiger partial charge >= 0.3 is 0 Å². The lowest BCUT2D eigenvalue weighted by atomic mass is 10.1. The number of nitrogens with zero attached hydrogens (tertiary/aromatic N) is 3. The first kappa shape index (κ1) is 13.0. The number of hydrogen-bond acceptors (Lipinski definition) is 4. The molecule has 5 heteroatoms. The predicted molar refractivity (Wildman–Crippen MR) is 80.0 cm³/mol. The Bertz CT molecular complexity index is 704. The highest BCUT2D eigenvalue weighted by Gasteiger charge is 2.17. The Balaban J connectivity index is 2.22. The molecule has 0 aliphatic heterocycles. The maximum atomic E-state index is 9.49. The van der Waals surface area contributed by atoms with E-state index in [1.807, 2.05) is 40.4 Å². The van der Waals surface area contributed by atoms with Gasteiger partial charge < -0.3 is 5.11 Å². The second-order valence-electron chi connectivity index (χ2n) is 4.41. The molecule has 0 fully saturated rings. The smallest absolute Gasteiger partial charge is 0.117 e. The van der Waals surface area contributed by atoms with Crippen molar-refractivity contribution in [1.29, 1.82) is 0 Å². The van der Waals surface area contributed by atoms with Crippen molar-refractivity contribution in [2.24, 2.45) is 0 Å². The summed E-state index contributed by atoms with van der Waals surface area (Å²) in [5.41, 5.74) is 3.71. The van der Waals surface area contributed by atoms with E-state index in [0.29, 0.717) is 5.69 Å². The van der Waals surface area contributed by atoms with E-state index in [4.69, 9.17) is 0 Å². The van der Waals surface area contributed by atoms with Gasteiger partial charge in [-0.05, 0) is 29.5 Å². The van der Waals surface area contributed by atoms with Crippen molar-refractivity contribution in [2.75, 3.05) is 0 Å². The molecule has 0 aliphatic carbocycles. The summed E-state index contributed by atoms with van der Waals surface area (Å²) < 4.78 is 1.83. The van der Waals surface area contributed by atoms with Gasteiger partial charge in [-0.1, -0.05) is 36.4 Å². The summed E-state index contributed by atoms with van der Waals surface area (Å²) in [6.07, 6.45) is 0.925. The number of rotatable bonds is 4. The van der Waals surface area contributed by atoms with Crippen LogP contribution in [0.2, 0.25) is 0 Å². The molecule has 0 amide bonds. The lowest BCUT2D eigenvalue weighted by Gasteiger charge is -2.10. The third-order valence-electron chi connectivity index (χ3n) is 3.25. The summed E-state index contributed by atoms with van der Waals surface area (Å²) in [5.74, 6) is 0. The Morgan fingerprint density at radius 2 is 2.05 bits per heavy atom. The summed E-state index contributed by atoms with van der Waals surface area (Å²) in [4.78, 5) is 1.06. The van der Waals surface area contributed by atoms with E-state index >= 15 is 0 Å². The van der Waals surface area contributed by atoms with Crippen molar-refractivity contribution in [3.8, 4) is 16.3 Å². The van der Waals surface area contributed by atoms with Crippen molar-refractivity contribution >= 4 is 11.3 Å². The summed E-state index contributed by atoms with van der Waals surface area (Å²) in [6, 6.07) is 12.2. The maximum Gasteiger partial charge on any atom is 0.117 e. The Morgan fingerprint density at radius 3 is 2.75 bits per heavy atom. The van der Waals surface area contributed by atoms with Crippen LogP contribution in [0, 0.1) is 0 Å². The highest BCUT2D eigenvalue weighted by Crippen LogP contribution is 2.30. The van der Waals surface area contributed by atoms with E-state index in [-0.39, 0.29) is 6.61 Å². The van der Waals surface area contributed by atoms with Crippen LogP contribution in [0.5, 0.6) is 0 Å². The first-order chi connectivity index (χ1) is 9.85. The molecule has 0 unspecified atom stereocenters. The predicted octanol–water partition coefficient (Wildman–Crippen LogP) is 3.05. The van der Waals surface area contributed by atoms with Gasteiger partial charge in [-0.25, -0.2) is 4.68 Å². The lowest BCUT2D eigenvalue weighted by Crippen LogP contribution is -2.03. The zero-order valence-electron chi connectivity index (χ0n) is 11.2. The molecule has 0 spiro atoms. The van der Waals surface area contributed by atoms with E-state index in [2.05, 4.69) is 23.3 Å². The summed E-state index contributed by atoms with van der Waals surface area (Å²) in [7, 11) is 0. The van der Waals surface area contributed by atoms with Crippen molar-refractivity contribution in [3.63, 3.8) is 0 Å². The monoisotopic (exact) mass is 285 g/mol. The van der Waals surface area contributed by atoms with Crippen molar-refractivity contribution in [3.05, 3.63) is 53.0 Å². The van der Waals surface area contributed by atoms with Gasteiger partial charge in [0.25, 0.3) is 0 Å². The molecule has 1 aromatic carbocycles. The second-order valence-corrected chi connectivity index (χ2v) is 5.36. The number of benzene rings is 1. The zero-order valence-corrected chi connectivity index (χ0v) is 12.0. The molecule has 0 saturated heterocycles. The molecule has 2 aromatic heterocycles. The van der Waals surface area contributed by atoms with Crippen LogP contribution in [-0.2, 0) is 13.0 Å². The largest absolute Gasteiger partial charge is 0.390 e. The Hall–Kier alpha value is -1.98. The lowest BCUT2D eigenvalue weighted by molar-refractivity contribution is 0.277. The molecule has 2 heterocycles. The van der Waals surface area contributed by atoms with Crippen LogP contribution in [0.3, 0.4) is 0 Å². The van der Waals surface area contributed by atoms with Crippen LogP contribution in [0.1, 0.15) is 18.2 Å². The number of aryl methyl sites for hydroxylation is 1. The van der Waals surface area contributed by atoms with Crippen LogP contribution in [0.4, 0.5) is 0 Å². The molecule has 102 valence electrons. The van der Waals surface area contributed by atoms with Gasteiger partial charge in [-0.15, -0.1) is 16.4 Å². The van der Waals surface area contributed by atoms with Crippen molar-refractivity contribution < 1.29 is 5.11 Å². The van der Waals surface area contributed by atoms with E-state index in [9.17, 15) is 5.11 Å².